The summed E-state index contributed by atoms with van der Waals surface area (Å²) in [6.45, 7) is 2.00. The van der Waals surface area contributed by atoms with Gasteiger partial charge in [-0.25, -0.2) is 4.98 Å². The summed E-state index contributed by atoms with van der Waals surface area (Å²) in [5.41, 5.74) is 1.93. The molecule has 3 fully saturated rings. The molecule has 1 aliphatic heterocycles. The number of aliphatic carboxylic acids is 1. The molecule has 4 aliphatic rings. The molecule has 176 valence electrons. The molecule has 8 unspecified atom stereocenters. The first-order valence-corrected chi connectivity index (χ1v) is 12.3. The molecule has 2 heterocycles. The smallest absolute Gasteiger partial charge is 0.306 e. The highest BCUT2D eigenvalue weighted by molar-refractivity contribution is 5.77. The Morgan fingerprint density at radius 1 is 1.09 bits per heavy atom. The van der Waals surface area contributed by atoms with Crippen LogP contribution in [0.4, 0.5) is 0 Å². The maximum atomic E-state index is 11.7. The van der Waals surface area contributed by atoms with Crippen molar-refractivity contribution in [3.63, 3.8) is 0 Å². The number of aliphatic hydroxyl groups is 1. The quantitative estimate of drug-likeness (QED) is 0.564. The summed E-state index contributed by atoms with van der Waals surface area (Å²) in [4.78, 5) is 31.2. The van der Waals surface area contributed by atoms with Crippen LogP contribution in [0, 0.1) is 29.6 Å². The van der Waals surface area contributed by atoms with E-state index >= 15 is 0 Å². The van der Waals surface area contributed by atoms with Crippen molar-refractivity contribution >= 4 is 11.9 Å². The normalized spacial score (nSPS) is 39.5. The Labute approximate surface area is 188 Å². The number of carbonyl (C=O) groups is 2. The first-order chi connectivity index (χ1) is 15.4. The van der Waals surface area contributed by atoms with Crippen molar-refractivity contribution in [2.45, 2.75) is 89.4 Å². The zero-order chi connectivity index (χ0) is 22.4. The maximum Gasteiger partial charge on any atom is 0.306 e. The Balaban J connectivity index is 1.22. The van der Waals surface area contributed by atoms with Gasteiger partial charge < -0.3 is 25.3 Å². The molecule has 8 heteroatoms. The molecule has 8 atom stereocenters. The van der Waals surface area contributed by atoms with E-state index in [0.717, 1.165) is 56.3 Å². The van der Waals surface area contributed by atoms with E-state index in [4.69, 9.17) is 4.74 Å². The molecule has 1 aromatic rings. The number of amides is 1. The first kappa shape index (κ1) is 21.7. The molecule has 8 nitrogen and oxygen atoms in total. The molecular weight excluding hydrogens is 410 g/mol. The molecule has 3 aliphatic carbocycles. The van der Waals surface area contributed by atoms with Gasteiger partial charge in [-0.15, -0.1) is 0 Å². The molecule has 1 saturated heterocycles. The molecule has 0 radical (unpaired) electrons. The SMILES string of the molecule is CC1CCC(Oc2nc3c([nH]2)CC(C2CCC4NC(=O)CCC4C2)C(O)C3)CC1C(=O)O. The van der Waals surface area contributed by atoms with Crippen LogP contribution in [-0.2, 0) is 22.4 Å². The molecule has 0 bridgehead atoms. The second kappa shape index (κ2) is 8.69. The Morgan fingerprint density at radius 2 is 1.94 bits per heavy atom. The number of aliphatic hydroxyl groups excluding tert-OH is 1. The van der Waals surface area contributed by atoms with E-state index in [1.54, 1.807) is 0 Å². The summed E-state index contributed by atoms with van der Waals surface area (Å²) < 4.78 is 6.08. The highest BCUT2D eigenvalue weighted by Crippen LogP contribution is 2.42. The second-order valence-electron chi connectivity index (χ2n) is 10.6. The lowest BCUT2D eigenvalue weighted by molar-refractivity contribution is -0.146. The Hall–Kier alpha value is -2.09. The molecule has 0 aromatic carbocycles. The molecule has 4 N–H and O–H groups in total. The second-order valence-corrected chi connectivity index (χ2v) is 10.6. The molecular formula is C24H35N3O5. The topological polar surface area (TPSA) is 125 Å². The van der Waals surface area contributed by atoms with Gasteiger partial charge in [0.25, 0.3) is 6.01 Å². The first-order valence-electron chi connectivity index (χ1n) is 12.3. The molecule has 1 amide bonds. The number of carboxylic acids is 1. The molecule has 1 aromatic heterocycles. The molecule has 0 spiro atoms. The number of aromatic nitrogens is 2. The van der Waals surface area contributed by atoms with Crippen molar-refractivity contribution in [2.75, 3.05) is 0 Å². The highest BCUT2D eigenvalue weighted by Gasteiger charge is 2.42. The van der Waals surface area contributed by atoms with Gasteiger partial charge in [0.05, 0.1) is 17.7 Å². The fraction of sp³-hybridized carbons (Fsp3) is 0.792. The van der Waals surface area contributed by atoms with Crippen LogP contribution in [0.1, 0.15) is 69.7 Å². The van der Waals surface area contributed by atoms with Crippen molar-refractivity contribution in [1.82, 2.24) is 15.3 Å². The van der Waals surface area contributed by atoms with Gasteiger partial charge in [0, 0.05) is 24.6 Å². The third-order valence-electron chi connectivity index (χ3n) is 8.64. The third kappa shape index (κ3) is 4.26. The summed E-state index contributed by atoms with van der Waals surface area (Å²) in [6, 6.07) is 0.772. The minimum Gasteiger partial charge on any atom is -0.481 e. The number of carbonyl (C=O) groups excluding carboxylic acids is 1. The van der Waals surface area contributed by atoms with Gasteiger partial charge in [-0.05, 0) is 75.0 Å². The average molecular weight is 446 g/mol. The Kier molecular flexibility index (Phi) is 5.90. The van der Waals surface area contributed by atoms with E-state index in [2.05, 4.69) is 15.3 Å². The lowest BCUT2D eigenvalue weighted by atomic mass is 9.66. The third-order valence-corrected chi connectivity index (χ3v) is 8.64. The van der Waals surface area contributed by atoms with Crippen LogP contribution in [0.3, 0.4) is 0 Å². The zero-order valence-electron chi connectivity index (χ0n) is 18.8. The van der Waals surface area contributed by atoms with E-state index < -0.39 is 12.1 Å². The Morgan fingerprint density at radius 3 is 2.75 bits per heavy atom. The van der Waals surface area contributed by atoms with Crippen LogP contribution in [0.2, 0.25) is 0 Å². The molecule has 5 rings (SSSR count). The minimum atomic E-state index is -0.747. The number of aromatic amines is 1. The van der Waals surface area contributed by atoms with E-state index in [9.17, 15) is 19.8 Å². The number of hydrogen-bond donors (Lipinski definition) is 4. The monoisotopic (exact) mass is 445 g/mol. The summed E-state index contributed by atoms with van der Waals surface area (Å²) in [6.07, 6.45) is 7.60. The van der Waals surface area contributed by atoms with Crippen molar-refractivity contribution in [3.8, 4) is 6.01 Å². The molecule has 2 saturated carbocycles. The number of piperidine rings is 1. The average Bonchev–Trinajstić information content (AvgIpc) is 3.15. The zero-order valence-corrected chi connectivity index (χ0v) is 18.8. The largest absolute Gasteiger partial charge is 0.481 e. The van der Waals surface area contributed by atoms with E-state index in [0.29, 0.717) is 43.2 Å². The molecule has 32 heavy (non-hydrogen) atoms. The lowest BCUT2D eigenvalue weighted by Gasteiger charge is -2.43. The van der Waals surface area contributed by atoms with Crippen molar-refractivity contribution in [3.05, 3.63) is 11.4 Å². The summed E-state index contributed by atoms with van der Waals surface area (Å²) >= 11 is 0. The van der Waals surface area contributed by atoms with Crippen LogP contribution in [0.25, 0.3) is 0 Å². The van der Waals surface area contributed by atoms with Crippen LogP contribution in [0.15, 0.2) is 0 Å². The van der Waals surface area contributed by atoms with Crippen LogP contribution in [0.5, 0.6) is 6.01 Å². The minimum absolute atomic E-state index is 0.141. The summed E-state index contributed by atoms with van der Waals surface area (Å²) in [5.74, 6) is 0.405. The van der Waals surface area contributed by atoms with Crippen molar-refractivity contribution in [1.29, 1.82) is 0 Å². The number of imidazole rings is 1. The van der Waals surface area contributed by atoms with Crippen molar-refractivity contribution in [2.24, 2.45) is 29.6 Å². The number of nitrogens with zero attached hydrogens (tertiary/aromatic N) is 1. The predicted molar refractivity (Wildman–Crippen MR) is 116 cm³/mol. The lowest BCUT2D eigenvalue weighted by Crippen LogP contribution is -2.49. The van der Waals surface area contributed by atoms with E-state index in [1.165, 1.54) is 0 Å². The summed E-state index contributed by atoms with van der Waals surface area (Å²) in [7, 11) is 0. The maximum absolute atomic E-state index is 11.7. The van der Waals surface area contributed by atoms with Gasteiger partial charge in [0.15, 0.2) is 0 Å². The van der Waals surface area contributed by atoms with Gasteiger partial charge in [0.2, 0.25) is 5.91 Å². The van der Waals surface area contributed by atoms with Gasteiger partial charge in [-0.3, -0.25) is 9.59 Å². The predicted octanol–water partition coefficient (Wildman–Crippen LogP) is 2.45. The number of fused-ring (bicyclic) bond motifs is 2. The van der Waals surface area contributed by atoms with E-state index in [1.807, 2.05) is 6.92 Å². The number of nitrogens with one attached hydrogen (secondary N) is 2. The van der Waals surface area contributed by atoms with Crippen LogP contribution >= 0.6 is 0 Å². The van der Waals surface area contributed by atoms with Gasteiger partial charge in [-0.2, -0.15) is 0 Å². The fourth-order valence-corrected chi connectivity index (χ4v) is 6.70. The van der Waals surface area contributed by atoms with Gasteiger partial charge in [-0.1, -0.05) is 6.92 Å². The number of H-pyrrole nitrogens is 1. The van der Waals surface area contributed by atoms with Crippen LogP contribution < -0.4 is 10.1 Å². The van der Waals surface area contributed by atoms with Crippen LogP contribution in [-0.4, -0.2) is 50.3 Å². The number of carboxylic acid groups (broad SMARTS) is 1. The standard InChI is InChI=1S/C24H35N3O5/c1-12-2-5-15(9-16(12)23(30)31)32-24-26-19-10-17(21(28)11-20(19)27-24)13-3-6-18-14(8-13)4-7-22(29)25-18/h12-18,21,28H,2-11H2,1H3,(H,25,29)(H,26,27)(H,30,31). The number of hydrogen-bond acceptors (Lipinski definition) is 5. The Bertz CT molecular complexity index is 870. The number of ether oxygens (including phenoxy) is 1. The van der Waals surface area contributed by atoms with Gasteiger partial charge in [0.1, 0.15) is 6.10 Å². The fourth-order valence-electron chi connectivity index (χ4n) is 6.70. The van der Waals surface area contributed by atoms with Gasteiger partial charge >= 0.3 is 5.97 Å². The summed E-state index contributed by atoms with van der Waals surface area (Å²) in [5, 5.41) is 23.5. The number of rotatable bonds is 4. The van der Waals surface area contributed by atoms with Crippen molar-refractivity contribution < 1.29 is 24.5 Å². The van der Waals surface area contributed by atoms with E-state index in [-0.39, 0.29) is 29.8 Å². The highest BCUT2D eigenvalue weighted by atomic mass is 16.5.